The number of hydrogen-bond acceptors (Lipinski definition) is 4. The van der Waals surface area contributed by atoms with E-state index in [2.05, 4.69) is 10.4 Å². The Kier molecular flexibility index (Phi) is 3.50. The molecule has 2 rings (SSSR count). The highest BCUT2D eigenvalue weighted by molar-refractivity contribution is 5.45. The molecule has 1 aromatic heterocycles. The van der Waals surface area contributed by atoms with E-state index in [1.54, 1.807) is 12.1 Å². The highest BCUT2D eigenvalue weighted by Gasteiger charge is 2.19. The van der Waals surface area contributed by atoms with E-state index in [0.717, 1.165) is 18.2 Å². The molecule has 1 heterocycles. The molecule has 2 aromatic rings. The minimum atomic E-state index is -0.755. The van der Waals surface area contributed by atoms with Crippen LogP contribution in [0.25, 0.3) is 0 Å². The number of nitrogens with one attached hydrogen (secondary N) is 1. The Balaban J connectivity index is 2.52. The number of anilines is 1. The van der Waals surface area contributed by atoms with Crippen molar-refractivity contribution >= 4 is 5.82 Å². The maximum absolute atomic E-state index is 13.7. The SMILES string of the molecule is NNC(c1cc(F)ccc1F)c1cccnc1N. The van der Waals surface area contributed by atoms with E-state index in [0.29, 0.717) is 5.56 Å². The third-order valence-electron chi connectivity index (χ3n) is 2.62. The number of benzene rings is 1. The summed E-state index contributed by atoms with van der Waals surface area (Å²) in [6.45, 7) is 0. The number of nitrogens with two attached hydrogens (primary N) is 2. The van der Waals surface area contributed by atoms with E-state index >= 15 is 0 Å². The molecular weight excluding hydrogens is 238 g/mol. The molecule has 6 heteroatoms. The number of rotatable bonds is 3. The van der Waals surface area contributed by atoms with Crippen LogP contribution in [-0.4, -0.2) is 4.98 Å². The van der Waals surface area contributed by atoms with E-state index in [4.69, 9.17) is 11.6 Å². The van der Waals surface area contributed by atoms with Gasteiger partial charge in [-0.3, -0.25) is 5.84 Å². The smallest absolute Gasteiger partial charge is 0.128 e. The summed E-state index contributed by atoms with van der Waals surface area (Å²) < 4.78 is 26.9. The van der Waals surface area contributed by atoms with Gasteiger partial charge in [0.05, 0.1) is 6.04 Å². The van der Waals surface area contributed by atoms with Crippen LogP contribution < -0.4 is 17.0 Å². The molecule has 18 heavy (non-hydrogen) atoms. The molecule has 0 aliphatic carbocycles. The average molecular weight is 250 g/mol. The summed E-state index contributed by atoms with van der Waals surface area (Å²) in [7, 11) is 0. The summed E-state index contributed by atoms with van der Waals surface area (Å²) in [4.78, 5) is 3.89. The predicted octanol–water partition coefficient (Wildman–Crippen LogP) is 1.49. The second-order valence-corrected chi connectivity index (χ2v) is 3.74. The molecule has 0 aliphatic rings. The van der Waals surface area contributed by atoms with Crippen molar-refractivity contribution in [2.45, 2.75) is 6.04 Å². The minimum Gasteiger partial charge on any atom is -0.383 e. The topological polar surface area (TPSA) is 77.0 Å². The van der Waals surface area contributed by atoms with Gasteiger partial charge in [0, 0.05) is 17.3 Å². The molecule has 0 saturated heterocycles. The van der Waals surface area contributed by atoms with Gasteiger partial charge in [-0.1, -0.05) is 6.07 Å². The lowest BCUT2D eigenvalue weighted by molar-refractivity contribution is 0.545. The second-order valence-electron chi connectivity index (χ2n) is 3.74. The Morgan fingerprint density at radius 3 is 2.61 bits per heavy atom. The molecule has 0 fully saturated rings. The van der Waals surface area contributed by atoms with Gasteiger partial charge in [-0.25, -0.2) is 19.2 Å². The molecule has 0 amide bonds. The first-order chi connectivity index (χ1) is 8.63. The number of nitrogens with zero attached hydrogens (tertiary/aromatic N) is 1. The van der Waals surface area contributed by atoms with E-state index in [9.17, 15) is 8.78 Å². The Labute approximate surface area is 103 Å². The van der Waals surface area contributed by atoms with Crippen molar-refractivity contribution in [2.75, 3.05) is 5.73 Å². The van der Waals surface area contributed by atoms with Gasteiger partial charge in [0.2, 0.25) is 0 Å². The van der Waals surface area contributed by atoms with Crippen molar-refractivity contribution in [1.29, 1.82) is 0 Å². The Morgan fingerprint density at radius 2 is 1.94 bits per heavy atom. The lowest BCUT2D eigenvalue weighted by Crippen LogP contribution is -2.30. The van der Waals surface area contributed by atoms with Crippen LogP contribution in [0.15, 0.2) is 36.5 Å². The Morgan fingerprint density at radius 1 is 1.17 bits per heavy atom. The fourth-order valence-electron chi connectivity index (χ4n) is 1.76. The van der Waals surface area contributed by atoms with Gasteiger partial charge in [0.1, 0.15) is 17.5 Å². The number of aromatic nitrogens is 1. The fraction of sp³-hybridized carbons (Fsp3) is 0.0833. The quantitative estimate of drug-likeness (QED) is 0.570. The fourth-order valence-corrected chi connectivity index (χ4v) is 1.76. The highest BCUT2D eigenvalue weighted by Crippen LogP contribution is 2.27. The number of halogens is 2. The van der Waals surface area contributed by atoms with Gasteiger partial charge in [-0.2, -0.15) is 0 Å². The van der Waals surface area contributed by atoms with E-state index in [1.807, 2.05) is 0 Å². The second kappa shape index (κ2) is 5.07. The van der Waals surface area contributed by atoms with Crippen LogP contribution >= 0.6 is 0 Å². The molecule has 0 spiro atoms. The molecule has 5 N–H and O–H groups in total. The lowest BCUT2D eigenvalue weighted by atomic mass is 9.99. The van der Waals surface area contributed by atoms with Gasteiger partial charge in [-0.15, -0.1) is 0 Å². The van der Waals surface area contributed by atoms with Crippen molar-refractivity contribution in [1.82, 2.24) is 10.4 Å². The standard InChI is InChI=1S/C12H12F2N4/c13-7-3-4-10(14)9(6-7)11(18-16)8-2-1-5-17-12(8)15/h1-6,11,18H,16H2,(H2,15,17). The summed E-state index contributed by atoms with van der Waals surface area (Å²) in [5.74, 6) is 4.50. The molecule has 1 atom stereocenters. The minimum absolute atomic E-state index is 0.0807. The van der Waals surface area contributed by atoms with Gasteiger partial charge in [0.15, 0.2) is 0 Å². The zero-order valence-corrected chi connectivity index (χ0v) is 9.40. The van der Waals surface area contributed by atoms with Crippen molar-refractivity contribution in [3.8, 4) is 0 Å². The first-order valence-electron chi connectivity index (χ1n) is 5.25. The summed E-state index contributed by atoms with van der Waals surface area (Å²) in [6, 6.07) is 5.70. The molecule has 1 aromatic carbocycles. The van der Waals surface area contributed by atoms with E-state index in [-0.39, 0.29) is 11.4 Å². The van der Waals surface area contributed by atoms with Crippen molar-refractivity contribution in [3.63, 3.8) is 0 Å². The molecule has 0 saturated carbocycles. The third kappa shape index (κ3) is 2.29. The molecule has 94 valence electrons. The third-order valence-corrected chi connectivity index (χ3v) is 2.62. The normalized spacial score (nSPS) is 12.4. The highest BCUT2D eigenvalue weighted by atomic mass is 19.1. The average Bonchev–Trinajstić information content (AvgIpc) is 2.36. The predicted molar refractivity (Wildman–Crippen MR) is 64.2 cm³/mol. The number of nitrogen functional groups attached to an aromatic ring is 1. The van der Waals surface area contributed by atoms with Crippen LogP contribution in [0.1, 0.15) is 17.2 Å². The summed E-state index contributed by atoms with van der Waals surface area (Å²) in [5.41, 5.74) is 8.69. The Hall–Kier alpha value is -2.05. The summed E-state index contributed by atoms with van der Waals surface area (Å²) in [6.07, 6.45) is 1.51. The van der Waals surface area contributed by atoms with Crippen molar-refractivity contribution in [3.05, 3.63) is 59.3 Å². The van der Waals surface area contributed by atoms with Crippen LogP contribution in [-0.2, 0) is 0 Å². The molecule has 0 aliphatic heterocycles. The van der Waals surface area contributed by atoms with Crippen LogP contribution in [0.2, 0.25) is 0 Å². The number of hydrogen-bond donors (Lipinski definition) is 3. The maximum atomic E-state index is 13.7. The van der Waals surface area contributed by atoms with Crippen LogP contribution in [0.5, 0.6) is 0 Å². The van der Waals surface area contributed by atoms with Crippen LogP contribution in [0.4, 0.5) is 14.6 Å². The Bertz CT molecular complexity index is 560. The first kappa shape index (κ1) is 12.4. The monoisotopic (exact) mass is 250 g/mol. The summed E-state index contributed by atoms with van der Waals surface area (Å²) >= 11 is 0. The van der Waals surface area contributed by atoms with Crippen LogP contribution in [0.3, 0.4) is 0 Å². The van der Waals surface area contributed by atoms with E-state index in [1.165, 1.54) is 6.20 Å². The lowest BCUT2D eigenvalue weighted by Gasteiger charge is -2.18. The van der Waals surface area contributed by atoms with Crippen LogP contribution in [0, 0.1) is 11.6 Å². The van der Waals surface area contributed by atoms with Crippen molar-refractivity contribution in [2.24, 2.45) is 5.84 Å². The molecule has 4 nitrogen and oxygen atoms in total. The van der Waals surface area contributed by atoms with Gasteiger partial charge in [-0.05, 0) is 24.3 Å². The number of hydrazine groups is 1. The zero-order chi connectivity index (χ0) is 13.1. The maximum Gasteiger partial charge on any atom is 0.128 e. The van der Waals surface area contributed by atoms with Gasteiger partial charge in [0.25, 0.3) is 0 Å². The number of pyridine rings is 1. The van der Waals surface area contributed by atoms with Gasteiger partial charge >= 0.3 is 0 Å². The van der Waals surface area contributed by atoms with Gasteiger partial charge < -0.3 is 5.73 Å². The summed E-state index contributed by atoms with van der Waals surface area (Å²) in [5, 5.41) is 0. The zero-order valence-electron chi connectivity index (χ0n) is 9.40. The van der Waals surface area contributed by atoms with Crippen molar-refractivity contribution < 1.29 is 8.78 Å². The molecule has 1 unspecified atom stereocenters. The molecule has 0 radical (unpaired) electrons. The molecule has 0 bridgehead atoms. The molecular formula is C12H12F2N4. The van der Waals surface area contributed by atoms with E-state index < -0.39 is 17.7 Å². The largest absolute Gasteiger partial charge is 0.383 e. The first-order valence-corrected chi connectivity index (χ1v) is 5.25.